The molecule has 4 heteroatoms. The fourth-order valence-electron chi connectivity index (χ4n) is 3.62. The van der Waals surface area contributed by atoms with Crippen LogP contribution in [0.2, 0.25) is 0 Å². The van der Waals surface area contributed by atoms with Crippen molar-refractivity contribution in [1.29, 1.82) is 0 Å². The number of benzene rings is 2. The summed E-state index contributed by atoms with van der Waals surface area (Å²) in [5.41, 5.74) is 4.57. The molecule has 4 rings (SSSR count). The Hall–Kier alpha value is -2.33. The number of fused-ring (bicyclic) bond motifs is 1. The molecule has 1 saturated heterocycles. The van der Waals surface area contributed by atoms with Crippen LogP contribution in [0.15, 0.2) is 48.5 Å². The number of nitrogens with zero attached hydrogens (tertiary/aromatic N) is 2. The van der Waals surface area contributed by atoms with Crippen LogP contribution in [-0.4, -0.2) is 44.0 Å². The van der Waals surface area contributed by atoms with Gasteiger partial charge in [0.2, 0.25) is 5.91 Å². The quantitative estimate of drug-likeness (QED) is 0.944. The molecule has 2 heterocycles. The zero-order valence-electron chi connectivity index (χ0n) is 14.0. The maximum Gasteiger partial charge on any atom is 0.232 e. The Kier molecular flexibility index (Phi) is 3.98. The first-order chi connectivity index (χ1) is 11.7. The van der Waals surface area contributed by atoms with Crippen molar-refractivity contribution in [1.82, 2.24) is 4.90 Å². The predicted octanol–water partition coefficient (Wildman–Crippen LogP) is 2.72. The average Bonchev–Trinajstić information content (AvgIpc) is 2.92. The van der Waals surface area contributed by atoms with Gasteiger partial charge in [-0.3, -0.25) is 4.79 Å². The standard InChI is InChI=1S/C20H23N3O/c1-22-10-12-23(13-11-22)16-8-6-15(7-9-16)14-18-17-4-2-3-5-19(17)21-20(18)24/h2-9,18H,10-14H2,1H3,(H,21,24). The molecule has 1 unspecified atom stereocenters. The number of hydrogen-bond donors (Lipinski definition) is 1. The summed E-state index contributed by atoms with van der Waals surface area (Å²) in [6, 6.07) is 16.7. The Balaban J connectivity index is 1.47. The van der Waals surface area contributed by atoms with Gasteiger partial charge >= 0.3 is 0 Å². The highest BCUT2D eigenvalue weighted by Crippen LogP contribution is 2.34. The molecule has 2 aromatic carbocycles. The van der Waals surface area contributed by atoms with Crippen LogP contribution in [0.3, 0.4) is 0 Å². The molecule has 0 aromatic heterocycles. The smallest absolute Gasteiger partial charge is 0.232 e. The maximum atomic E-state index is 12.3. The van der Waals surface area contributed by atoms with E-state index in [0.29, 0.717) is 0 Å². The number of anilines is 2. The SMILES string of the molecule is CN1CCN(c2ccc(CC3C(=O)Nc4ccccc43)cc2)CC1. The van der Waals surface area contributed by atoms with E-state index >= 15 is 0 Å². The van der Waals surface area contributed by atoms with E-state index in [-0.39, 0.29) is 11.8 Å². The lowest BCUT2D eigenvalue weighted by Gasteiger charge is -2.34. The molecule has 2 aliphatic rings. The molecule has 0 bridgehead atoms. The topological polar surface area (TPSA) is 35.6 Å². The molecule has 1 atom stereocenters. The molecule has 0 saturated carbocycles. The van der Waals surface area contributed by atoms with Crippen molar-refractivity contribution < 1.29 is 4.79 Å². The van der Waals surface area contributed by atoms with Gasteiger partial charge in [0.1, 0.15) is 0 Å². The second-order valence-corrected chi connectivity index (χ2v) is 6.79. The number of nitrogens with one attached hydrogen (secondary N) is 1. The molecule has 24 heavy (non-hydrogen) atoms. The molecule has 0 spiro atoms. The lowest BCUT2D eigenvalue weighted by atomic mass is 9.93. The van der Waals surface area contributed by atoms with E-state index in [4.69, 9.17) is 0 Å². The normalized spacial score (nSPS) is 20.8. The fraction of sp³-hybridized carbons (Fsp3) is 0.350. The van der Waals surface area contributed by atoms with Crippen LogP contribution in [0.1, 0.15) is 17.0 Å². The van der Waals surface area contributed by atoms with Crippen molar-refractivity contribution in [2.75, 3.05) is 43.4 Å². The maximum absolute atomic E-state index is 12.3. The number of amides is 1. The van der Waals surface area contributed by atoms with Crippen LogP contribution in [0.25, 0.3) is 0 Å². The molecule has 124 valence electrons. The highest BCUT2D eigenvalue weighted by atomic mass is 16.2. The van der Waals surface area contributed by atoms with Gasteiger partial charge in [-0.2, -0.15) is 0 Å². The molecule has 1 N–H and O–H groups in total. The van der Waals surface area contributed by atoms with Crippen LogP contribution in [-0.2, 0) is 11.2 Å². The Bertz CT molecular complexity index is 733. The second-order valence-electron chi connectivity index (χ2n) is 6.79. The second kappa shape index (κ2) is 6.29. The van der Waals surface area contributed by atoms with Crippen molar-refractivity contribution in [3.63, 3.8) is 0 Å². The van der Waals surface area contributed by atoms with Gasteiger partial charge in [0.25, 0.3) is 0 Å². The largest absolute Gasteiger partial charge is 0.369 e. The minimum atomic E-state index is -0.0734. The third-order valence-electron chi connectivity index (χ3n) is 5.16. The van der Waals surface area contributed by atoms with Crippen molar-refractivity contribution in [3.05, 3.63) is 59.7 Å². The van der Waals surface area contributed by atoms with Gasteiger partial charge < -0.3 is 15.1 Å². The molecular weight excluding hydrogens is 298 g/mol. The molecule has 4 nitrogen and oxygen atoms in total. The van der Waals surface area contributed by atoms with Crippen LogP contribution in [0.5, 0.6) is 0 Å². The van der Waals surface area contributed by atoms with Gasteiger partial charge in [-0.05, 0) is 42.8 Å². The molecule has 1 amide bonds. The minimum Gasteiger partial charge on any atom is -0.369 e. The van der Waals surface area contributed by atoms with Crippen molar-refractivity contribution in [3.8, 4) is 0 Å². The van der Waals surface area contributed by atoms with E-state index in [1.165, 1.54) is 11.3 Å². The Morgan fingerprint density at radius 2 is 1.71 bits per heavy atom. The zero-order valence-corrected chi connectivity index (χ0v) is 14.0. The predicted molar refractivity (Wildman–Crippen MR) is 97.7 cm³/mol. The van der Waals surface area contributed by atoms with Crippen LogP contribution >= 0.6 is 0 Å². The summed E-state index contributed by atoms with van der Waals surface area (Å²) in [7, 11) is 2.17. The summed E-state index contributed by atoms with van der Waals surface area (Å²) < 4.78 is 0. The zero-order chi connectivity index (χ0) is 16.5. The lowest BCUT2D eigenvalue weighted by molar-refractivity contribution is -0.117. The number of piperazine rings is 1. The fourth-order valence-corrected chi connectivity index (χ4v) is 3.62. The summed E-state index contributed by atoms with van der Waals surface area (Å²) in [4.78, 5) is 17.1. The van der Waals surface area contributed by atoms with Crippen LogP contribution in [0.4, 0.5) is 11.4 Å². The lowest BCUT2D eigenvalue weighted by Crippen LogP contribution is -2.44. The van der Waals surface area contributed by atoms with Crippen LogP contribution in [0, 0.1) is 0 Å². The summed E-state index contributed by atoms with van der Waals surface area (Å²) in [6.45, 7) is 4.38. The first-order valence-electron chi connectivity index (χ1n) is 8.63. The Morgan fingerprint density at radius 1 is 1.00 bits per heavy atom. The molecule has 1 fully saturated rings. The molecule has 0 radical (unpaired) electrons. The van der Waals surface area contributed by atoms with E-state index < -0.39 is 0 Å². The summed E-state index contributed by atoms with van der Waals surface area (Å²) in [6.07, 6.45) is 0.756. The first-order valence-corrected chi connectivity index (χ1v) is 8.63. The number of carbonyl (C=O) groups excluding carboxylic acids is 1. The number of para-hydroxylation sites is 1. The van der Waals surface area contributed by atoms with E-state index in [1.807, 2.05) is 18.2 Å². The van der Waals surface area contributed by atoms with E-state index in [2.05, 4.69) is 52.5 Å². The van der Waals surface area contributed by atoms with E-state index in [0.717, 1.165) is 43.9 Å². The Morgan fingerprint density at radius 3 is 2.46 bits per heavy atom. The number of carbonyl (C=O) groups is 1. The van der Waals surface area contributed by atoms with Gasteiger partial charge in [0, 0.05) is 37.6 Å². The monoisotopic (exact) mass is 321 g/mol. The average molecular weight is 321 g/mol. The first kappa shape index (κ1) is 15.2. The Labute approximate surface area is 143 Å². The number of hydrogen-bond acceptors (Lipinski definition) is 3. The van der Waals surface area contributed by atoms with Crippen LogP contribution < -0.4 is 10.2 Å². The summed E-state index contributed by atoms with van der Waals surface area (Å²) in [5.74, 6) is 0.0371. The molecule has 2 aromatic rings. The third kappa shape index (κ3) is 2.89. The van der Waals surface area contributed by atoms with Gasteiger partial charge in [-0.25, -0.2) is 0 Å². The van der Waals surface area contributed by atoms with Gasteiger partial charge in [0.05, 0.1) is 5.92 Å². The molecular formula is C20H23N3O. The summed E-state index contributed by atoms with van der Waals surface area (Å²) in [5, 5.41) is 2.98. The van der Waals surface area contributed by atoms with Crippen molar-refractivity contribution >= 4 is 17.3 Å². The minimum absolute atomic E-state index is 0.0734. The molecule has 2 aliphatic heterocycles. The number of likely N-dealkylation sites (N-methyl/N-ethyl adjacent to an activating group) is 1. The highest BCUT2D eigenvalue weighted by Gasteiger charge is 2.30. The molecule has 0 aliphatic carbocycles. The van der Waals surface area contributed by atoms with E-state index in [9.17, 15) is 4.79 Å². The highest BCUT2D eigenvalue weighted by molar-refractivity contribution is 6.03. The summed E-state index contributed by atoms with van der Waals surface area (Å²) >= 11 is 0. The van der Waals surface area contributed by atoms with Crippen molar-refractivity contribution in [2.45, 2.75) is 12.3 Å². The van der Waals surface area contributed by atoms with Gasteiger partial charge in [-0.1, -0.05) is 30.3 Å². The van der Waals surface area contributed by atoms with Crippen molar-refractivity contribution in [2.24, 2.45) is 0 Å². The third-order valence-corrected chi connectivity index (χ3v) is 5.16. The van der Waals surface area contributed by atoms with Gasteiger partial charge in [0.15, 0.2) is 0 Å². The van der Waals surface area contributed by atoms with E-state index in [1.54, 1.807) is 0 Å². The van der Waals surface area contributed by atoms with Gasteiger partial charge in [-0.15, -0.1) is 0 Å². The number of rotatable bonds is 3.